The summed E-state index contributed by atoms with van der Waals surface area (Å²) in [5.41, 5.74) is 0. The van der Waals surface area contributed by atoms with Crippen LogP contribution < -0.4 is 5.32 Å². The van der Waals surface area contributed by atoms with E-state index in [1.165, 1.54) is 64.6 Å². The Bertz CT molecular complexity index is 246. The lowest BCUT2D eigenvalue weighted by Crippen LogP contribution is -2.43. The lowest BCUT2D eigenvalue weighted by Gasteiger charge is -2.32. The van der Waals surface area contributed by atoms with Gasteiger partial charge in [-0.1, -0.05) is 33.6 Å². The smallest absolute Gasteiger partial charge is 0.0195 e. The second kappa shape index (κ2) is 7.64. The van der Waals surface area contributed by atoms with Crippen LogP contribution in [0.1, 0.15) is 65.7 Å². The molecule has 0 aromatic rings. The van der Waals surface area contributed by atoms with Gasteiger partial charge in [-0.15, -0.1) is 0 Å². The van der Waals surface area contributed by atoms with E-state index in [1.54, 1.807) is 0 Å². The Morgan fingerprint density at radius 3 is 2.53 bits per heavy atom. The Balaban J connectivity index is 1.83. The van der Waals surface area contributed by atoms with Gasteiger partial charge < -0.3 is 5.32 Å². The van der Waals surface area contributed by atoms with Crippen molar-refractivity contribution in [2.24, 2.45) is 11.8 Å². The average Bonchev–Trinajstić information content (AvgIpc) is 2.78. The Labute approximate surface area is 120 Å². The third-order valence-corrected chi connectivity index (χ3v) is 5.47. The SMILES string of the molecule is CCN(CC1CCCN1)C1CCCC(C(C)C)CC1. The predicted molar refractivity (Wildman–Crippen MR) is 83.5 cm³/mol. The average molecular weight is 266 g/mol. The quantitative estimate of drug-likeness (QED) is 0.764. The number of hydrogen-bond acceptors (Lipinski definition) is 2. The van der Waals surface area contributed by atoms with Gasteiger partial charge >= 0.3 is 0 Å². The lowest BCUT2D eigenvalue weighted by atomic mass is 9.89. The minimum absolute atomic E-state index is 0.768. The normalized spacial score (nSPS) is 33.0. The summed E-state index contributed by atoms with van der Waals surface area (Å²) in [5.74, 6) is 1.86. The van der Waals surface area contributed by atoms with Crippen molar-refractivity contribution in [2.75, 3.05) is 19.6 Å². The maximum Gasteiger partial charge on any atom is 0.0195 e. The highest BCUT2D eigenvalue weighted by Gasteiger charge is 2.26. The van der Waals surface area contributed by atoms with Crippen LogP contribution >= 0.6 is 0 Å². The molecule has 3 atom stereocenters. The van der Waals surface area contributed by atoms with Gasteiger partial charge in [-0.3, -0.25) is 4.90 Å². The van der Waals surface area contributed by atoms with Gasteiger partial charge in [-0.05, 0) is 57.0 Å². The summed E-state index contributed by atoms with van der Waals surface area (Å²) in [6.45, 7) is 10.9. The van der Waals surface area contributed by atoms with Crippen molar-refractivity contribution in [1.29, 1.82) is 0 Å². The maximum absolute atomic E-state index is 3.66. The fraction of sp³-hybridized carbons (Fsp3) is 1.00. The van der Waals surface area contributed by atoms with Crippen LogP contribution in [-0.4, -0.2) is 36.6 Å². The topological polar surface area (TPSA) is 15.3 Å². The first-order valence-corrected chi connectivity index (χ1v) is 8.68. The molecule has 1 saturated heterocycles. The second-order valence-corrected chi connectivity index (χ2v) is 7.05. The zero-order valence-electron chi connectivity index (χ0n) is 13.3. The standard InChI is InChI=1S/C17H34N2/c1-4-19(13-16-8-6-12-18-16)17-9-5-7-15(10-11-17)14(2)3/h14-18H,4-13H2,1-3H3. The molecule has 0 aromatic carbocycles. The molecular weight excluding hydrogens is 232 g/mol. The minimum Gasteiger partial charge on any atom is -0.313 e. The lowest BCUT2D eigenvalue weighted by molar-refractivity contribution is 0.170. The largest absolute Gasteiger partial charge is 0.313 e. The summed E-state index contributed by atoms with van der Waals surface area (Å²) in [6.07, 6.45) is 10.00. The van der Waals surface area contributed by atoms with Crippen molar-refractivity contribution in [3.8, 4) is 0 Å². The first-order valence-electron chi connectivity index (χ1n) is 8.68. The zero-order chi connectivity index (χ0) is 13.7. The Morgan fingerprint density at radius 2 is 1.89 bits per heavy atom. The van der Waals surface area contributed by atoms with Crippen LogP contribution in [0.2, 0.25) is 0 Å². The number of nitrogens with zero attached hydrogens (tertiary/aromatic N) is 1. The van der Waals surface area contributed by atoms with Gasteiger partial charge in [0.05, 0.1) is 0 Å². The predicted octanol–water partition coefficient (Wildman–Crippen LogP) is 3.67. The highest BCUT2D eigenvalue weighted by molar-refractivity contribution is 4.83. The Hall–Kier alpha value is -0.0800. The van der Waals surface area contributed by atoms with E-state index in [0.717, 1.165) is 23.9 Å². The molecule has 0 amide bonds. The summed E-state index contributed by atoms with van der Waals surface area (Å²) in [7, 11) is 0. The first kappa shape index (κ1) is 15.3. The van der Waals surface area contributed by atoms with E-state index in [-0.39, 0.29) is 0 Å². The molecule has 2 fully saturated rings. The highest BCUT2D eigenvalue weighted by atomic mass is 15.2. The van der Waals surface area contributed by atoms with E-state index in [1.807, 2.05) is 0 Å². The molecule has 0 aromatic heterocycles. The van der Waals surface area contributed by atoms with E-state index >= 15 is 0 Å². The second-order valence-electron chi connectivity index (χ2n) is 7.05. The summed E-state index contributed by atoms with van der Waals surface area (Å²) in [5, 5.41) is 3.66. The number of hydrogen-bond donors (Lipinski definition) is 1. The van der Waals surface area contributed by atoms with Crippen LogP contribution in [0.4, 0.5) is 0 Å². The third-order valence-electron chi connectivity index (χ3n) is 5.47. The van der Waals surface area contributed by atoms with Gasteiger partial charge in [-0.2, -0.15) is 0 Å². The molecule has 19 heavy (non-hydrogen) atoms. The van der Waals surface area contributed by atoms with Crippen molar-refractivity contribution in [3.05, 3.63) is 0 Å². The molecule has 3 unspecified atom stereocenters. The fourth-order valence-corrected chi connectivity index (χ4v) is 4.07. The number of likely N-dealkylation sites (N-methyl/N-ethyl adjacent to an activating group) is 1. The molecule has 1 heterocycles. The van der Waals surface area contributed by atoms with Crippen molar-refractivity contribution in [3.63, 3.8) is 0 Å². The molecule has 2 heteroatoms. The van der Waals surface area contributed by atoms with Crippen LogP contribution in [0, 0.1) is 11.8 Å². The molecule has 2 aliphatic rings. The number of nitrogens with one attached hydrogen (secondary N) is 1. The van der Waals surface area contributed by atoms with Gasteiger partial charge in [0.15, 0.2) is 0 Å². The highest BCUT2D eigenvalue weighted by Crippen LogP contribution is 2.31. The van der Waals surface area contributed by atoms with E-state index in [9.17, 15) is 0 Å². The summed E-state index contributed by atoms with van der Waals surface area (Å²) in [4.78, 5) is 2.77. The van der Waals surface area contributed by atoms with Crippen molar-refractivity contribution >= 4 is 0 Å². The van der Waals surface area contributed by atoms with Gasteiger partial charge in [0.2, 0.25) is 0 Å². The first-order chi connectivity index (χ1) is 9.20. The molecule has 112 valence electrons. The van der Waals surface area contributed by atoms with Gasteiger partial charge in [-0.25, -0.2) is 0 Å². The summed E-state index contributed by atoms with van der Waals surface area (Å²) >= 11 is 0. The van der Waals surface area contributed by atoms with Crippen LogP contribution in [0.3, 0.4) is 0 Å². The van der Waals surface area contributed by atoms with Gasteiger partial charge in [0.1, 0.15) is 0 Å². The van der Waals surface area contributed by atoms with Crippen LogP contribution in [0.15, 0.2) is 0 Å². The minimum atomic E-state index is 0.768. The van der Waals surface area contributed by atoms with Crippen molar-refractivity contribution in [2.45, 2.75) is 77.8 Å². The molecule has 1 aliphatic carbocycles. The molecule has 0 radical (unpaired) electrons. The molecule has 1 N–H and O–H groups in total. The Kier molecular flexibility index (Phi) is 6.15. The molecule has 1 saturated carbocycles. The van der Waals surface area contributed by atoms with E-state index in [0.29, 0.717) is 0 Å². The zero-order valence-corrected chi connectivity index (χ0v) is 13.3. The monoisotopic (exact) mass is 266 g/mol. The molecule has 0 spiro atoms. The van der Waals surface area contributed by atoms with E-state index in [4.69, 9.17) is 0 Å². The van der Waals surface area contributed by atoms with E-state index < -0.39 is 0 Å². The molecule has 1 aliphatic heterocycles. The van der Waals surface area contributed by atoms with Gasteiger partial charge in [0, 0.05) is 18.6 Å². The van der Waals surface area contributed by atoms with Crippen molar-refractivity contribution < 1.29 is 0 Å². The molecule has 2 rings (SSSR count). The van der Waals surface area contributed by atoms with Crippen LogP contribution in [0.5, 0.6) is 0 Å². The van der Waals surface area contributed by atoms with Crippen LogP contribution in [0.25, 0.3) is 0 Å². The fourth-order valence-electron chi connectivity index (χ4n) is 4.07. The molecule has 0 bridgehead atoms. The Morgan fingerprint density at radius 1 is 1.05 bits per heavy atom. The summed E-state index contributed by atoms with van der Waals surface area (Å²) in [6, 6.07) is 1.63. The summed E-state index contributed by atoms with van der Waals surface area (Å²) < 4.78 is 0. The molecular formula is C17H34N2. The molecule has 2 nitrogen and oxygen atoms in total. The van der Waals surface area contributed by atoms with Gasteiger partial charge in [0.25, 0.3) is 0 Å². The van der Waals surface area contributed by atoms with Crippen molar-refractivity contribution in [1.82, 2.24) is 10.2 Å². The maximum atomic E-state index is 3.66. The van der Waals surface area contributed by atoms with Crippen LogP contribution in [-0.2, 0) is 0 Å². The third kappa shape index (κ3) is 4.46. The van der Waals surface area contributed by atoms with E-state index in [2.05, 4.69) is 31.0 Å². The number of rotatable bonds is 5.